The maximum absolute atomic E-state index is 13.0. The summed E-state index contributed by atoms with van der Waals surface area (Å²) in [4.78, 5) is 13.0. The molecule has 2 aromatic carbocycles. The number of hydrogen-bond acceptors (Lipinski definition) is 4. The van der Waals surface area contributed by atoms with Gasteiger partial charge in [0.1, 0.15) is 5.75 Å². The van der Waals surface area contributed by atoms with Gasteiger partial charge in [0, 0.05) is 0 Å². The second-order valence-corrected chi connectivity index (χ2v) is 9.80. The molecule has 0 bridgehead atoms. The maximum Gasteiger partial charge on any atom is 0.263 e. The molecule has 0 fully saturated rings. The van der Waals surface area contributed by atoms with Crippen LogP contribution in [0.25, 0.3) is 0 Å². The quantitative estimate of drug-likeness (QED) is 0.830. The minimum atomic E-state index is -3.54. The highest BCUT2D eigenvalue weighted by molar-refractivity contribution is 7.92. The van der Waals surface area contributed by atoms with Gasteiger partial charge in [0.15, 0.2) is 6.10 Å². The lowest BCUT2D eigenvalue weighted by Crippen LogP contribution is -2.50. The molecule has 0 saturated carbocycles. The molecular formula is C22H28N2O4S. The molecule has 2 atom stereocenters. The molecule has 1 aliphatic rings. The van der Waals surface area contributed by atoms with E-state index in [1.54, 1.807) is 12.1 Å². The van der Waals surface area contributed by atoms with Gasteiger partial charge in [-0.1, -0.05) is 18.2 Å². The first-order chi connectivity index (χ1) is 13.5. The molecule has 6 nitrogen and oxygen atoms in total. The van der Waals surface area contributed by atoms with Crippen LogP contribution in [0.2, 0.25) is 0 Å². The van der Waals surface area contributed by atoms with E-state index < -0.39 is 16.1 Å². The highest BCUT2D eigenvalue weighted by Crippen LogP contribution is 2.36. The smallest absolute Gasteiger partial charge is 0.263 e. The van der Waals surface area contributed by atoms with E-state index in [4.69, 9.17) is 4.74 Å². The van der Waals surface area contributed by atoms with Gasteiger partial charge < -0.3 is 10.1 Å². The molecule has 29 heavy (non-hydrogen) atoms. The number of aryl methyl sites for hydroxylation is 4. The molecule has 0 spiro atoms. The molecule has 1 N–H and O–H groups in total. The second kappa shape index (κ2) is 7.71. The highest BCUT2D eigenvalue weighted by atomic mass is 32.2. The summed E-state index contributed by atoms with van der Waals surface area (Å²) in [6.45, 7) is 9.88. The van der Waals surface area contributed by atoms with E-state index in [2.05, 4.69) is 24.4 Å². The molecule has 1 aliphatic heterocycles. The fraction of sp³-hybridized carbons (Fsp3) is 0.409. The number of carbonyl (C=O) groups is 1. The molecule has 0 aromatic heterocycles. The van der Waals surface area contributed by atoms with Crippen LogP contribution >= 0.6 is 0 Å². The zero-order valence-electron chi connectivity index (χ0n) is 17.7. The molecule has 156 valence electrons. The number of nitrogens with one attached hydrogen (secondary N) is 1. The third-order valence-electron chi connectivity index (χ3n) is 5.39. The molecular weight excluding hydrogens is 388 g/mol. The summed E-state index contributed by atoms with van der Waals surface area (Å²) in [5.41, 5.74) is 5.89. The van der Waals surface area contributed by atoms with E-state index in [0.717, 1.165) is 28.5 Å². The van der Waals surface area contributed by atoms with Crippen molar-refractivity contribution in [3.8, 4) is 5.75 Å². The van der Waals surface area contributed by atoms with Crippen molar-refractivity contribution in [1.29, 1.82) is 0 Å². The van der Waals surface area contributed by atoms with E-state index in [1.165, 1.54) is 9.87 Å². The van der Waals surface area contributed by atoms with Gasteiger partial charge in [0.25, 0.3) is 5.91 Å². The van der Waals surface area contributed by atoms with Gasteiger partial charge in [-0.05, 0) is 74.6 Å². The van der Waals surface area contributed by atoms with Gasteiger partial charge in [-0.3, -0.25) is 9.10 Å². The van der Waals surface area contributed by atoms with Gasteiger partial charge >= 0.3 is 0 Å². The number of rotatable bonds is 4. The van der Waals surface area contributed by atoms with Crippen LogP contribution < -0.4 is 14.4 Å². The minimum absolute atomic E-state index is 0.0562. The van der Waals surface area contributed by atoms with Crippen LogP contribution in [-0.2, 0) is 14.8 Å². The number of ether oxygens (including phenoxy) is 1. The minimum Gasteiger partial charge on any atom is -0.476 e. The molecule has 3 rings (SSSR count). The van der Waals surface area contributed by atoms with E-state index >= 15 is 0 Å². The standard InChI is InChI=1S/C22H28N2O4S/c1-13-7-8-19-20(9-13)28-21(12-24(19)29(6,26)27)22(25)23-17(5)18-11-15(3)14(2)10-16(18)4/h7-11,17,21H,12H2,1-6H3,(H,23,25)/t17-,21-/m0/s1. The summed E-state index contributed by atoms with van der Waals surface area (Å²) in [5.74, 6) is 0.0628. The summed E-state index contributed by atoms with van der Waals surface area (Å²) in [6, 6.07) is 9.25. The number of sulfonamides is 1. The van der Waals surface area contributed by atoms with Crippen LogP contribution in [0.4, 0.5) is 5.69 Å². The number of fused-ring (bicyclic) bond motifs is 1. The zero-order chi connectivity index (χ0) is 21.5. The Morgan fingerprint density at radius 3 is 2.41 bits per heavy atom. The van der Waals surface area contributed by atoms with Crippen LogP contribution in [0.5, 0.6) is 5.75 Å². The second-order valence-electron chi connectivity index (χ2n) is 7.90. The summed E-state index contributed by atoms with van der Waals surface area (Å²) >= 11 is 0. The number of hydrogen-bond donors (Lipinski definition) is 1. The molecule has 0 radical (unpaired) electrons. The van der Waals surface area contributed by atoms with Crippen molar-refractivity contribution in [2.75, 3.05) is 17.1 Å². The lowest BCUT2D eigenvalue weighted by molar-refractivity contribution is -0.128. The van der Waals surface area contributed by atoms with E-state index in [0.29, 0.717) is 11.4 Å². The SMILES string of the molecule is Cc1ccc2c(c1)O[C@H](C(=O)N[C@@H](C)c1cc(C)c(C)cc1C)CN2S(C)(=O)=O. The first-order valence-electron chi connectivity index (χ1n) is 9.60. The molecule has 1 heterocycles. The van der Waals surface area contributed by atoms with Crippen LogP contribution in [-0.4, -0.2) is 33.2 Å². The van der Waals surface area contributed by atoms with Crippen molar-refractivity contribution >= 4 is 21.6 Å². The summed E-state index contributed by atoms with van der Waals surface area (Å²) in [5, 5.41) is 2.99. The molecule has 0 unspecified atom stereocenters. The first-order valence-corrected chi connectivity index (χ1v) is 11.5. The Morgan fingerprint density at radius 1 is 1.10 bits per heavy atom. The van der Waals surface area contributed by atoms with Crippen molar-refractivity contribution in [3.05, 3.63) is 58.1 Å². The summed E-state index contributed by atoms with van der Waals surface area (Å²) in [7, 11) is -3.54. The average molecular weight is 417 g/mol. The third-order valence-corrected chi connectivity index (χ3v) is 6.53. The van der Waals surface area contributed by atoms with Gasteiger partial charge in [0.2, 0.25) is 10.0 Å². The summed E-state index contributed by atoms with van der Waals surface area (Å²) < 4.78 is 31.7. The normalized spacial score (nSPS) is 17.3. The fourth-order valence-corrected chi connectivity index (χ4v) is 4.56. The largest absolute Gasteiger partial charge is 0.476 e. The maximum atomic E-state index is 13.0. The number of anilines is 1. The Bertz CT molecular complexity index is 1060. The van der Waals surface area contributed by atoms with Crippen molar-refractivity contribution in [3.63, 3.8) is 0 Å². The van der Waals surface area contributed by atoms with E-state index in [1.807, 2.05) is 33.8 Å². The van der Waals surface area contributed by atoms with Crippen molar-refractivity contribution < 1.29 is 17.9 Å². The van der Waals surface area contributed by atoms with E-state index in [-0.39, 0.29) is 18.5 Å². The number of benzene rings is 2. The van der Waals surface area contributed by atoms with Crippen LogP contribution in [0, 0.1) is 27.7 Å². The van der Waals surface area contributed by atoms with Crippen molar-refractivity contribution in [1.82, 2.24) is 5.32 Å². The predicted molar refractivity (Wildman–Crippen MR) is 115 cm³/mol. The fourth-order valence-electron chi connectivity index (χ4n) is 3.65. The van der Waals surface area contributed by atoms with Gasteiger partial charge in [-0.15, -0.1) is 0 Å². The predicted octanol–water partition coefficient (Wildman–Crippen LogP) is 3.32. The molecule has 2 aromatic rings. The Labute approximate surface area is 172 Å². The number of nitrogens with zero attached hydrogens (tertiary/aromatic N) is 1. The lowest BCUT2D eigenvalue weighted by Gasteiger charge is -2.34. The Hall–Kier alpha value is -2.54. The van der Waals surface area contributed by atoms with Crippen LogP contribution in [0.15, 0.2) is 30.3 Å². The summed E-state index contributed by atoms with van der Waals surface area (Å²) in [6.07, 6.45) is 0.214. The number of amides is 1. The number of carbonyl (C=O) groups excluding carboxylic acids is 1. The Morgan fingerprint density at radius 2 is 1.76 bits per heavy atom. The van der Waals surface area contributed by atoms with Crippen LogP contribution in [0.1, 0.15) is 40.8 Å². The Kier molecular flexibility index (Phi) is 5.63. The van der Waals surface area contributed by atoms with Crippen LogP contribution in [0.3, 0.4) is 0 Å². The molecule has 1 amide bonds. The highest BCUT2D eigenvalue weighted by Gasteiger charge is 2.35. The molecule has 0 aliphatic carbocycles. The first kappa shape index (κ1) is 21.2. The molecule has 0 saturated heterocycles. The van der Waals surface area contributed by atoms with E-state index in [9.17, 15) is 13.2 Å². The van der Waals surface area contributed by atoms with Crippen molar-refractivity contribution in [2.45, 2.75) is 46.8 Å². The average Bonchev–Trinajstić information content (AvgIpc) is 2.62. The Balaban J connectivity index is 1.85. The van der Waals surface area contributed by atoms with Gasteiger partial charge in [0.05, 0.1) is 24.5 Å². The topological polar surface area (TPSA) is 75.7 Å². The van der Waals surface area contributed by atoms with Gasteiger partial charge in [-0.25, -0.2) is 8.42 Å². The monoisotopic (exact) mass is 416 g/mol. The van der Waals surface area contributed by atoms with Gasteiger partial charge in [-0.2, -0.15) is 0 Å². The zero-order valence-corrected chi connectivity index (χ0v) is 18.6. The lowest BCUT2D eigenvalue weighted by atomic mass is 9.96. The van der Waals surface area contributed by atoms with Crippen molar-refractivity contribution in [2.24, 2.45) is 0 Å². The molecule has 7 heteroatoms. The third kappa shape index (κ3) is 4.40.